The van der Waals surface area contributed by atoms with Gasteiger partial charge in [-0.3, -0.25) is 5.32 Å². The highest BCUT2D eigenvalue weighted by atomic mass is 16.5. The molecule has 0 saturated carbocycles. The summed E-state index contributed by atoms with van der Waals surface area (Å²) in [4.78, 5) is 11.5. The number of carboxylic acid groups (broad SMARTS) is 1. The number of aliphatic carboxylic acids is 1. The summed E-state index contributed by atoms with van der Waals surface area (Å²) in [6, 6.07) is 7.24. The first-order valence-electron chi connectivity index (χ1n) is 6.14. The van der Waals surface area contributed by atoms with Gasteiger partial charge in [-0.2, -0.15) is 0 Å². The first-order chi connectivity index (χ1) is 8.40. The molecule has 1 rings (SSSR count). The number of hydrogen-bond acceptors (Lipinski definition) is 3. The van der Waals surface area contributed by atoms with Crippen LogP contribution < -0.4 is 10.1 Å². The predicted molar refractivity (Wildman–Crippen MR) is 70.9 cm³/mol. The lowest BCUT2D eigenvalue weighted by atomic mass is 9.91. The molecule has 1 unspecified atom stereocenters. The van der Waals surface area contributed by atoms with Crippen LogP contribution in [-0.4, -0.2) is 23.7 Å². The zero-order chi connectivity index (χ0) is 13.8. The van der Waals surface area contributed by atoms with E-state index in [4.69, 9.17) is 4.74 Å². The first kappa shape index (κ1) is 14.5. The average Bonchev–Trinajstić information content (AvgIpc) is 2.29. The van der Waals surface area contributed by atoms with Crippen LogP contribution in [0.15, 0.2) is 24.3 Å². The lowest BCUT2D eigenvalue weighted by Gasteiger charge is -2.29. The maximum Gasteiger partial charge on any atom is 0.328 e. The number of carboxylic acids is 1. The third-order valence-corrected chi connectivity index (χ3v) is 2.75. The quantitative estimate of drug-likeness (QED) is 0.815. The molecule has 0 saturated heterocycles. The second kappa shape index (κ2) is 5.87. The second-order valence-corrected chi connectivity index (χ2v) is 4.69. The Hall–Kier alpha value is -1.55. The minimum atomic E-state index is -1.08. The Labute approximate surface area is 108 Å². The molecular weight excluding hydrogens is 230 g/mol. The van der Waals surface area contributed by atoms with Crippen LogP contribution in [0.2, 0.25) is 0 Å². The third kappa shape index (κ3) is 3.23. The molecule has 0 aliphatic heterocycles. The van der Waals surface area contributed by atoms with E-state index < -0.39 is 11.5 Å². The van der Waals surface area contributed by atoms with Crippen molar-refractivity contribution in [1.82, 2.24) is 5.32 Å². The van der Waals surface area contributed by atoms with Crippen molar-refractivity contribution in [3.05, 3.63) is 29.8 Å². The van der Waals surface area contributed by atoms with Crippen LogP contribution in [-0.2, 0) is 10.3 Å². The summed E-state index contributed by atoms with van der Waals surface area (Å²) in [6.07, 6.45) is 0. The second-order valence-electron chi connectivity index (χ2n) is 4.69. The maximum atomic E-state index is 11.5. The highest BCUT2D eigenvalue weighted by Crippen LogP contribution is 2.24. The van der Waals surface area contributed by atoms with Gasteiger partial charge in [0.05, 0.1) is 6.61 Å². The van der Waals surface area contributed by atoms with Gasteiger partial charge in [0.2, 0.25) is 0 Å². The molecule has 0 heterocycles. The molecule has 1 aromatic rings. The lowest BCUT2D eigenvalue weighted by molar-refractivity contribution is -0.144. The Morgan fingerprint density at radius 3 is 2.33 bits per heavy atom. The molecule has 0 spiro atoms. The van der Waals surface area contributed by atoms with Gasteiger partial charge in [-0.25, -0.2) is 4.79 Å². The van der Waals surface area contributed by atoms with Crippen LogP contribution in [0.25, 0.3) is 0 Å². The smallest absolute Gasteiger partial charge is 0.328 e. The van der Waals surface area contributed by atoms with Crippen molar-refractivity contribution in [2.24, 2.45) is 0 Å². The Balaban J connectivity index is 3.03. The van der Waals surface area contributed by atoms with E-state index in [0.29, 0.717) is 12.2 Å². The Kier molecular flexibility index (Phi) is 4.73. The largest absolute Gasteiger partial charge is 0.494 e. The standard InChI is InChI=1S/C14H21NO3/c1-5-18-12-8-6-11(7-9-12)14(4,13(16)17)15-10(2)3/h6-10,15H,5H2,1-4H3,(H,16,17). The molecule has 2 N–H and O–H groups in total. The molecule has 18 heavy (non-hydrogen) atoms. The molecule has 0 bridgehead atoms. The van der Waals surface area contributed by atoms with E-state index in [0.717, 1.165) is 5.75 Å². The zero-order valence-electron chi connectivity index (χ0n) is 11.4. The number of carbonyl (C=O) groups is 1. The third-order valence-electron chi connectivity index (χ3n) is 2.75. The summed E-state index contributed by atoms with van der Waals surface area (Å²) in [6.45, 7) is 8.03. The molecule has 100 valence electrons. The monoisotopic (exact) mass is 251 g/mol. The van der Waals surface area contributed by atoms with Crippen molar-refractivity contribution in [3.63, 3.8) is 0 Å². The fraction of sp³-hybridized carbons (Fsp3) is 0.500. The average molecular weight is 251 g/mol. The van der Waals surface area contributed by atoms with Gasteiger partial charge in [-0.05, 0) is 45.4 Å². The fourth-order valence-electron chi connectivity index (χ4n) is 1.90. The van der Waals surface area contributed by atoms with Gasteiger partial charge in [0.15, 0.2) is 0 Å². The van der Waals surface area contributed by atoms with Gasteiger partial charge in [0.25, 0.3) is 0 Å². The van der Waals surface area contributed by atoms with E-state index in [1.807, 2.05) is 20.8 Å². The summed E-state index contributed by atoms with van der Waals surface area (Å²) in [5.41, 5.74) is -0.369. The zero-order valence-corrected chi connectivity index (χ0v) is 11.4. The predicted octanol–water partition coefficient (Wildman–Crippen LogP) is 2.38. The number of hydrogen-bond donors (Lipinski definition) is 2. The Morgan fingerprint density at radius 1 is 1.39 bits per heavy atom. The normalized spacial score (nSPS) is 14.3. The summed E-state index contributed by atoms with van der Waals surface area (Å²) in [5, 5.41) is 12.5. The van der Waals surface area contributed by atoms with Crippen molar-refractivity contribution < 1.29 is 14.6 Å². The van der Waals surface area contributed by atoms with Crippen LogP contribution in [0.1, 0.15) is 33.3 Å². The van der Waals surface area contributed by atoms with E-state index >= 15 is 0 Å². The van der Waals surface area contributed by atoms with Gasteiger partial charge in [0, 0.05) is 6.04 Å². The fourth-order valence-corrected chi connectivity index (χ4v) is 1.90. The molecule has 4 heteroatoms. The van der Waals surface area contributed by atoms with E-state index in [-0.39, 0.29) is 6.04 Å². The minimum absolute atomic E-state index is 0.0812. The van der Waals surface area contributed by atoms with Gasteiger partial charge in [-0.1, -0.05) is 12.1 Å². The van der Waals surface area contributed by atoms with Crippen molar-refractivity contribution in [1.29, 1.82) is 0 Å². The van der Waals surface area contributed by atoms with E-state index in [9.17, 15) is 9.90 Å². The van der Waals surface area contributed by atoms with E-state index in [1.54, 1.807) is 31.2 Å². The first-order valence-corrected chi connectivity index (χ1v) is 6.14. The van der Waals surface area contributed by atoms with Crippen molar-refractivity contribution >= 4 is 5.97 Å². The van der Waals surface area contributed by atoms with Crippen LogP contribution in [0.5, 0.6) is 5.75 Å². The summed E-state index contributed by atoms with van der Waals surface area (Å²) in [7, 11) is 0. The molecule has 1 atom stereocenters. The molecule has 0 aromatic heterocycles. The number of benzene rings is 1. The molecule has 0 aliphatic carbocycles. The summed E-state index contributed by atoms with van der Waals surface area (Å²) >= 11 is 0. The van der Waals surface area contributed by atoms with Gasteiger partial charge in [-0.15, -0.1) is 0 Å². The highest BCUT2D eigenvalue weighted by Gasteiger charge is 2.35. The van der Waals surface area contributed by atoms with Crippen LogP contribution in [0, 0.1) is 0 Å². The molecular formula is C14H21NO3. The topological polar surface area (TPSA) is 58.6 Å². The number of nitrogens with one attached hydrogen (secondary N) is 1. The van der Waals surface area contributed by atoms with Gasteiger partial charge in [0.1, 0.15) is 11.3 Å². The molecule has 0 radical (unpaired) electrons. The van der Waals surface area contributed by atoms with Crippen molar-refractivity contribution in [3.8, 4) is 5.75 Å². The Morgan fingerprint density at radius 2 is 1.94 bits per heavy atom. The van der Waals surface area contributed by atoms with E-state index in [2.05, 4.69) is 5.32 Å². The number of ether oxygens (including phenoxy) is 1. The molecule has 0 aliphatic rings. The Bertz CT molecular complexity index is 400. The van der Waals surface area contributed by atoms with Gasteiger partial charge >= 0.3 is 5.97 Å². The molecule has 0 amide bonds. The lowest BCUT2D eigenvalue weighted by Crippen LogP contribution is -2.49. The minimum Gasteiger partial charge on any atom is -0.494 e. The number of rotatable bonds is 6. The van der Waals surface area contributed by atoms with Crippen molar-refractivity contribution in [2.45, 2.75) is 39.3 Å². The van der Waals surface area contributed by atoms with Crippen LogP contribution in [0.4, 0.5) is 0 Å². The molecule has 4 nitrogen and oxygen atoms in total. The molecule has 1 aromatic carbocycles. The highest BCUT2D eigenvalue weighted by molar-refractivity contribution is 5.80. The van der Waals surface area contributed by atoms with Crippen LogP contribution >= 0.6 is 0 Å². The van der Waals surface area contributed by atoms with Gasteiger partial charge < -0.3 is 9.84 Å². The summed E-state index contributed by atoms with van der Waals surface area (Å²) in [5.74, 6) is -0.140. The SMILES string of the molecule is CCOc1ccc(C(C)(NC(C)C)C(=O)O)cc1. The maximum absolute atomic E-state index is 11.5. The van der Waals surface area contributed by atoms with Crippen molar-refractivity contribution in [2.75, 3.05) is 6.61 Å². The van der Waals surface area contributed by atoms with Crippen LogP contribution in [0.3, 0.4) is 0 Å². The summed E-state index contributed by atoms with van der Waals surface area (Å²) < 4.78 is 5.35. The molecule has 0 fully saturated rings. The van der Waals surface area contributed by atoms with E-state index in [1.165, 1.54) is 0 Å².